The summed E-state index contributed by atoms with van der Waals surface area (Å²) in [5, 5.41) is 16.1. The highest BCUT2D eigenvalue weighted by molar-refractivity contribution is 8.24. The number of rotatable bonds is 6. The normalized spacial score (nSPS) is 23.1. The van der Waals surface area contributed by atoms with Crippen molar-refractivity contribution in [3.05, 3.63) is 64.3 Å². The Bertz CT molecular complexity index is 2120. The van der Waals surface area contributed by atoms with Gasteiger partial charge in [0.05, 0.1) is 11.0 Å². The molecule has 0 bridgehead atoms. The lowest BCUT2D eigenvalue weighted by atomic mass is 9.77. The van der Waals surface area contributed by atoms with Crippen molar-refractivity contribution in [3.8, 4) is 5.75 Å². The molecule has 1 saturated carbocycles. The van der Waals surface area contributed by atoms with Crippen molar-refractivity contribution < 1.29 is 37.8 Å². The van der Waals surface area contributed by atoms with Gasteiger partial charge in [-0.05, 0) is 102 Å². The Hall–Kier alpha value is -4.93. The molecule has 258 valence electrons. The number of amides is 4. The number of halogens is 1. The van der Waals surface area contributed by atoms with E-state index in [1.54, 1.807) is 7.05 Å². The number of fused-ring (bicyclic) bond motifs is 2. The van der Waals surface area contributed by atoms with Crippen molar-refractivity contribution in [3.63, 3.8) is 0 Å². The van der Waals surface area contributed by atoms with Crippen LogP contribution in [0.4, 0.5) is 15.8 Å². The number of hydrogen-bond acceptors (Lipinski definition) is 9. The van der Waals surface area contributed by atoms with E-state index in [9.17, 15) is 38.2 Å². The fourth-order valence-corrected chi connectivity index (χ4v) is 8.56. The number of carbonyl (C=O) groups excluding carboxylic acids is 4. The van der Waals surface area contributed by atoms with Gasteiger partial charge in [0.2, 0.25) is 17.7 Å². The van der Waals surface area contributed by atoms with Gasteiger partial charge in [-0.25, -0.2) is 18.2 Å². The first kappa shape index (κ1) is 32.6. The zero-order valence-corrected chi connectivity index (χ0v) is 27.3. The van der Waals surface area contributed by atoms with Crippen LogP contribution in [0.2, 0.25) is 0 Å². The zero-order chi connectivity index (χ0) is 34.8. The van der Waals surface area contributed by atoms with Crippen LogP contribution in [0.15, 0.2) is 47.3 Å². The Morgan fingerprint density at radius 3 is 2.43 bits per heavy atom. The predicted molar refractivity (Wildman–Crippen MR) is 180 cm³/mol. The van der Waals surface area contributed by atoms with Gasteiger partial charge in [0.1, 0.15) is 24.0 Å². The number of aromatic nitrogens is 2. The number of carbonyl (C=O) groups is 4. The molecule has 4 amide bonds. The minimum Gasteiger partial charge on any atom is -0.506 e. The number of phenols is 1. The molecule has 16 heteroatoms. The van der Waals surface area contributed by atoms with E-state index in [-0.39, 0.29) is 53.0 Å². The Balaban J connectivity index is 0.991. The molecule has 1 aliphatic carbocycles. The molecule has 2 saturated heterocycles. The molecule has 3 aliphatic rings. The van der Waals surface area contributed by atoms with Crippen molar-refractivity contribution in [1.82, 2.24) is 19.2 Å². The third kappa shape index (κ3) is 5.89. The fraction of sp³-hybridized carbons (Fsp3) is 0.364. The minimum absolute atomic E-state index is 0.0597. The molecule has 0 spiro atoms. The fourth-order valence-electron chi connectivity index (χ4n) is 7.36. The Morgan fingerprint density at radius 2 is 1.73 bits per heavy atom. The largest absolute Gasteiger partial charge is 0.506 e. The van der Waals surface area contributed by atoms with Crippen LogP contribution in [0.3, 0.4) is 0 Å². The Kier molecular flexibility index (Phi) is 8.11. The van der Waals surface area contributed by atoms with Gasteiger partial charge in [0.15, 0.2) is 5.82 Å². The molecule has 49 heavy (non-hydrogen) atoms. The van der Waals surface area contributed by atoms with E-state index in [0.29, 0.717) is 27.4 Å². The lowest BCUT2D eigenvalue weighted by Crippen LogP contribution is -2.44. The number of imide groups is 1. The van der Waals surface area contributed by atoms with E-state index in [2.05, 4.69) is 10.6 Å². The monoisotopic (exact) mass is 694 g/mol. The first-order chi connectivity index (χ1) is 23.3. The number of nitrogens with zero attached hydrogens (tertiary/aromatic N) is 3. The molecule has 1 aromatic heterocycles. The topological polar surface area (TPSA) is 195 Å². The van der Waals surface area contributed by atoms with Gasteiger partial charge in [0.25, 0.3) is 5.91 Å². The number of imidazole rings is 1. The molecule has 14 nitrogen and oxygen atoms in total. The van der Waals surface area contributed by atoms with Crippen LogP contribution < -0.4 is 25.4 Å². The number of hydrogen-bond donors (Lipinski definition) is 6. The molecule has 1 atom stereocenters. The lowest BCUT2D eigenvalue weighted by molar-refractivity contribution is -0.135. The van der Waals surface area contributed by atoms with Crippen LogP contribution in [0.1, 0.15) is 62.5 Å². The van der Waals surface area contributed by atoms with Crippen molar-refractivity contribution in [1.29, 1.82) is 0 Å². The molecule has 6 N–H and O–H groups in total. The van der Waals surface area contributed by atoms with Gasteiger partial charge >= 0.3 is 5.69 Å². The van der Waals surface area contributed by atoms with Gasteiger partial charge in [-0.1, -0.05) is 6.07 Å². The Labute approximate surface area is 280 Å². The maximum Gasteiger partial charge on any atom is 0.329 e. The standard InChI is InChI=1S/C33H35FN6O8S/c1-38-25-14-19(6-9-23(25)40(33(38)46)24-10-11-27(42)36-32(24)45)18-4-2-17(3-5-18)12-28(43)35-21-7-8-22-20(13-21)15-26(41)31(30(22)34)39-16-29(44)37-49(39,47)48/h6-9,13-15,17-18,24,41,47-48H,2-5,10-12,16H2,1H3,(H,35,43)(H,37,44)(H,36,42,45). The number of benzene rings is 3. The first-order valence-corrected chi connectivity index (χ1v) is 17.5. The van der Waals surface area contributed by atoms with Crippen molar-refractivity contribution in [2.45, 2.75) is 56.9 Å². The molecular formula is C33H35FN6O8S. The number of anilines is 2. The molecule has 0 radical (unpaired) electrons. The molecule has 1 unspecified atom stereocenters. The summed E-state index contributed by atoms with van der Waals surface area (Å²) in [6.07, 6.45) is 4.08. The summed E-state index contributed by atoms with van der Waals surface area (Å²) in [5.74, 6) is -2.87. The SMILES string of the molecule is Cn1c(=O)n(C2CCC(=O)NC2=O)c2ccc(C3CCC(CC(=O)Nc4ccc5c(F)c(N6CC(=O)NS6(O)O)c(O)cc5c4)CC3)cc21. The lowest BCUT2D eigenvalue weighted by Gasteiger charge is -2.36. The average Bonchev–Trinajstić information content (AvgIpc) is 3.46. The average molecular weight is 695 g/mol. The summed E-state index contributed by atoms with van der Waals surface area (Å²) in [5.41, 5.74) is 2.02. The number of nitrogens with one attached hydrogen (secondary N) is 3. The van der Waals surface area contributed by atoms with E-state index in [1.807, 2.05) is 22.9 Å². The zero-order valence-electron chi connectivity index (χ0n) is 26.4. The van der Waals surface area contributed by atoms with E-state index >= 15 is 4.39 Å². The van der Waals surface area contributed by atoms with Crippen molar-refractivity contribution in [2.75, 3.05) is 16.2 Å². The molecule has 2 aliphatic heterocycles. The second kappa shape index (κ2) is 12.2. The molecule has 3 heterocycles. The highest BCUT2D eigenvalue weighted by Crippen LogP contribution is 2.51. The summed E-state index contributed by atoms with van der Waals surface area (Å²) in [4.78, 5) is 62.0. The van der Waals surface area contributed by atoms with Gasteiger partial charge in [-0.2, -0.15) is 0 Å². The smallest absolute Gasteiger partial charge is 0.329 e. The minimum atomic E-state index is -3.84. The highest BCUT2D eigenvalue weighted by Gasteiger charge is 2.38. The van der Waals surface area contributed by atoms with Gasteiger partial charge < -0.3 is 10.4 Å². The van der Waals surface area contributed by atoms with Crippen molar-refractivity contribution in [2.24, 2.45) is 13.0 Å². The van der Waals surface area contributed by atoms with Crippen molar-refractivity contribution >= 4 is 67.8 Å². The molecule has 7 rings (SSSR count). The molecule has 3 aromatic carbocycles. The second-order valence-corrected chi connectivity index (χ2v) is 14.7. The summed E-state index contributed by atoms with van der Waals surface area (Å²) in [7, 11) is -2.16. The number of aromatic hydroxyl groups is 1. The summed E-state index contributed by atoms with van der Waals surface area (Å²) < 4.78 is 41.4. The molecular weight excluding hydrogens is 659 g/mol. The second-order valence-electron chi connectivity index (χ2n) is 13.0. The maximum absolute atomic E-state index is 15.5. The predicted octanol–water partition coefficient (Wildman–Crippen LogP) is 4.14. The third-order valence-electron chi connectivity index (χ3n) is 9.84. The van der Waals surface area contributed by atoms with Crippen LogP contribution in [0, 0.1) is 11.7 Å². The van der Waals surface area contributed by atoms with Crippen LogP contribution in [0.5, 0.6) is 5.75 Å². The van der Waals surface area contributed by atoms with E-state index in [1.165, 1.54) is 33.4 Å². The van der Waals surface area contributed by atoms with E-state index in [0.717, 1.165) is 31.2 Å². The third-order valence-corrected chi connectivity index (χ3v) is 11.3. The maximum atomic E-state index is 15.5. The quantitative estimate of drug-likeness (QED) is 0.161. The summed E-state index contributed by atoms with van der Waals surface area (Å²) >= 11 is 0. The molecule has 3 fully saturated rings. The molecule has 4 aromatic rings. The van der Waals surface area contributed by atoms with Crippen LogP contribution in [-0.2, 0) is 26.2 Å². The van der Waals surface area contributed by atoms with E-state index in [4.69, 9.17) is 0 Å². The van der Waals surface area contributed by atoms with Crippen LogP contribution in [-0.4, -0.2) is 53.5 Å². The summed E-state index contributed by atoms with van der Waals surface area (Å²) in [6.45, 7) is -0.536. The highest BCUT2D eigenvalue weighted by atomic mass is 32.3. The number of piperidine rings is 1. The number of phenolic OH excluding ortho intramolecular Hbond substituents is 1. The first-order valence-electron chi connectivity index (χ1n) is 16.0. The summed E-state index contributed by atoms with van der Waals surface area (Å²) in [6, 6.07) is 10.8. The van der Waals surface area contributed by atoms with Gasteiger partial charge in [0, 0.05) is 31.0 Å². The van der Waals surface area contributed by atoms with Crippen LogP contribution in [0.25, 0.3) is 21.8 Å². The number of aryl methyl sites for hydroxylation is 1. The van der Waals surface area contributed by atoms with Gasteiger partial charge in [-0.3, -0.25) is 42.7 Å². The Morgan fingerprint density at radius 1 is 0.980 bits per heavy atom. The van der Waals surface area contributed by atoms with Crippen LogP contribution >= 0.6 is 11.0 Å². The van der Waals surface area contributed by atoms with E-state index < -0.39 is 52.6 Å². The van der Waals surface area contributed by atoms with Gasteiger partial charge in [-0.15, -0.1) is 0 Å².